The van der Waals surface area contributed by atoms with Gasteiger partial charge >= 0.3 is 5.76 Å². The van der Waals surface area contributed by atoms with Crippen molar-refractivity contribution < 1.29 is 12.8 Å². The Hall–Kier alpha value is -4.12. The fourth-order valence-corrected chi connectivity index (χ4v) is 4.25. The van der Waals surface area contributed by atoms with Gasteiger partial charge in [0.05, 0.1) is 34.9 Å². The molecule has 0 saturated heterocycles. The molecule has 11 heteroatoms. The second-order valence-corrected chi connectivity index (χ2v) is 9.70. The predicted molar refractivity (Wildman–Crippen MR) is 127 cm³/mol. The molecule has 5 aromatic rings. The van der Waals surface area contributed by atoms with E-state index in [1.165, 1.54) is 11.4 Å². The zero-order chi connectivity index (χ0) is 23.3. The number of aromatic nitrogens is 4. The summed E-state index contributed by atoms with van der Waals surface area (Å²) in [6.07, 6.45) is 2.83. The number of sulfonamides is 1. The van der Waals surface area contributed by atoms with E-state index in [2.05, 4.69) is 20.4 Å². The number of anilines is 3. The molecule has 0 radical (unpaired) electrons. The summed E-state index contributed by atoms with van der Waals surface area (Å²) in [5, 5.41) is 7.75. The summed E-state index contributed by atoms with van der Waals surface area (Å²) >= 11 is 0. The van der Waals surface area contributed by atoms with Crippen molar-refractivity contribution in [2.24, 2.45) is 0 Å². The van der Waals surface area contributed by atoms with E-state index in [1.807, 2.05) is 37.3 Å². The zero-order valence-electron chi connectivity index (χ0n) is 18.0. The Morgan fingerprint density at radius 1 is 1.15 bits per heavy atom. The van der Waals surface area contributed by atoms with Gasteiger partial charge in [0.25, 0.3) is 0 Å². The summed E-state index contributed by atoms with van der Waals surface area (Å²) in [5.41, 5.74) is 5.28. The Labute approximate surface area is 188 Å². The first kappa shape index (κ1) is 20.8. The van der Waals surface area contributed by atoms with Gasteiger partial charge in [-0.25, -0.2) is 22.7 Å². The van der Waals surface area contributed by atoms with Crippen LogP contribution in [0.25, 0.3) is 27.9 Å². The van der Waals surface area contributed by atoms with Gasteiger partial charge in [0, 0.05) is 24.4 Å². The Balaban J connectivity index is 1.58. The Bertz CT molecular complexity index is 1680. The number of oxazole rings is 1. The molecule has 3 heterocycles. The molecule has 0 aliphatic carbocycles. The number of H-pyrrole nitrogens is 1. The number of benzene rings is 2. The van der Waals surface area contributed by atoms with Crippen molar-refractivity contribution in [2.45, 2.75) is 6.92 Å². The van der Waals surface area contributed by atoms with Crippen molar-refractivity contribution >= 4 is 44.0 Å². The van der Waals surface area contributed by atoms with Crippen LogP contribution in [0.3, 0.4) is 0 Å². The van der Waals surface area contributed by atoms with Crippen LogP contribution in [0.1, 0.15) is 5.56 Å². The number of fused-ring (bicyclic) bond motifs is 2. The first-order chi connectivity index (χ1) is 15.7. The lowest BCUT2D eigenvalue weighted by molar-refractivity contribution is 0.555. The first-order valence-corrected chi connectivity index (χ1v) is 11.8. The van der Waals surface area contributed by atoms with Crippen molar-refractivity contribution in [1.82, 2.24) is 19.6 Å². The van der Waals surface area contributed by atoms with Gasteiger partial charge in [-0.2, -0.15) is 0 Å². The fraction of sp³-hybridized carbons (Fsp3) is 0.136. The smallest absolute Gasteiger partial charge is 0.408 e. The van der Waals surface area contributed by atoms with Crippen LogP contribution in [-0.4, -0.2) is 41.3 Å². The van der Waals surface area contributed by atoms with Gasteiger partial charge in [-0.1, -0.05) is 18.2 Å². The predicted octanol–water partition coefficient (Wildman–Crippen LogP) is 3.28. The summed E-state index contributed by atoms with van der Waals surface area (Å²) < 4.78 is 32.4. The highest BCUT2D eigenvalue weighted by atomic mass is 32.2. The Morgan fingerprint density at radius 2 is 1.94 bits per heavy atom. The van der Waals surface area contributed by atoms with E-state index < -0.39 is 15.8 Å². The van der Waals surface area contributed by atoms with Crippen molar-refractivity contribution in [2.75, 3.05) is 22.9 Å². The van der Waals surface area contributed by atoms with Crippen molar-refractivity contribution in [1.29, 1.82) is 0 Å². The zero-order valence-corrected chi connectivity index (χ0v) is 18.8. The van der Waals surface area contributed by atoms with Gasteiger partial charge in [0.1, 0.15) is 0 Å². The topological polar surface area (TPSA) is 126 Å². The van der Waals surface area contributed by atoms with Gasteiger partial charge < -0.3 is 9.73 Å². The average Bonchev–Trinajstić information content (AvgIpc) is 3.35. The second-order valence-electron chi connectivity index (χ2n) is 7.69. The summed E-state index contributed by atoms with van der Waals surface area (Å²) in [5.74, 6) is -0.192. The minimum Gasteiger partial charge on any atom is -0.408 e. The van der Waals surface area contributed by atoms with Crippen LogP contribution >= 0.6 is 0 Å². The molecule has 2 aromatic carbocycles. The lowest BCUT2D eigenvalue weighted by Crippen LogP contribution is -2.25. The third-order valence-electron chi connectivity index (χ3n) is 5.40. The lowest BCUT2D eigenvalue weighted by atomic mass is 10.1. The number of hydrogen-bond acceptors (Lipinski definition) is 7. The van der Waals surface area contributed by atoms with Gasteiger partial charge in [-0.3, -0.25) is 9.29 Å². The van der Waals surface area contributed by atoms with Crippen molar-refractivity contribution in [3.05, 3.63) is 70.8 Å². The highest BCUT2D eigenvalue weighted by Gasteiger charge is 2.19. The fourth-order valence-electron chi connectivity index (χ4n) is 3.73. The number of rotatable bonds is 5. The molecule has 2 N–H and O–H groups in total. The highest BCUT2D eigenvalue weighted by molar-refractivity contribution is 7.92. The Kier molecular flexibility index (Phi) is 4.71. The Morgan fingerprint density at radius 3 is 2.73 bits per heavy atom. The molecule has 0 amide bonds. The summed E-state index contributed by atoms with van der Waals surface area (Å²) in [7, 11) is -1.93. The van der Waals surface area contributed by atoms with E-state index >= 15 is 0 Å². The average molecular weight is 465 g/mol. The minimum absolute atomic E-state index is 0.325. The summed E-state index contributed by atoms with van der Waals surface area (Å²) in [6.45, 7) is 1.86. The molecule has 168 valence electrons. The third-order valence-corrected chi connectivity index (χ3v) is 6.59. The van der Waals surface area contributed by atoms with Gasteiger partial charge in [-0.05, 0) is 36.8 Å². The van der Waals surface area contributed by atoms with Crippen LogP contribution in [0.5, 0.6) is 0 Å². The molecule has 3 aromatic heterocycles. The van der Waals surface area contributed by atoms with E-state index in [1.54, 1.807) is 28.9 Å². The van der Waals surface area contributed by atoms with E-state index in [4.69, 9.17) is 4.42 Å². The maximum Gasteiger partial charge on any atom is 0.417 e. The first-order valence-electron chi connectivity index (χ1n) is 9.99. The molecule has 10 nitrogen and oxygen atoms in total. The van der Waals surface area contributed by atoms with Crippen LogP contribution in [-0.2, 0) is 10.0 Å². The second kappa shape index (κ2) is 7.48. The molecule has 33 heavy (non-hydrogen) atoms. The van der Waals surface area contributed by atoms with E-state index in [0.29, 0.717) is 39.7 Å². The van der Waals surface area contributed by atoms with Crippen molar-refractivity contribution in [3.8, 4) is 11.3 Å². The van der Waals surface area contributed by atoms with Crippen molar-refractivity contribution in [3.63, 3.8) is 0 Å². The van der Waals surface area contributed by atoms with Crippen LogP contribution in [0.4, 0.5) is 17.3 Å². The molecule has 0 spiro atoms. The molecule has 0 atom stereocenters. The molecular weight excluding hydrogens is 444 g/mol. The standard InChI is InChI=1S/C22H20N6O4S/c1-13-10-14(11-19-20(13)25-22(29)32-19)24-21-23-12-15-8-9-18(28(15)26-21)16-6-4-5-7-17(16)27(2)33(3,30)31/h4-12H,1-3H3,(H,24,26)(H,25,29). The number of nitrogens with one attached hydrogen (secondary N) is 2. The quantitative estimate of drug-likeness (QED) is 0.409. The van der Waals surface area contributed by atoms with E-state index in [9.17, 15) is 13.2 Å². The highest BCUT2D eigenvalue weighted by Crippen LogP contribution is 2.32. The SMILES string of the molecule is Cc1cc(Nc2ncc3ccc(-c4ccccc4N(C)S(C)(=O)=O)n3n2)cc2oc(=O)[nH]c12. The molecular formula is C22H20N6O4S. The van der Waals surface area contributed by atoms with E-state index in [0.717, 1.165) is 17.3 Å². The summed E-state index contributed by atoms with van der Waals surface area (Å²) in [4.78, 5) is 18.6. The van der Waals surface area contributed by atoms with Gasteiger partial charge in [0.2, 0.25) is 16.0 Å². The molecule has 0 saturated carbocycles. The maximum atomic E-state index is 12.2. The monoisotopic (exact) mass is 464 g/mol. The molecule has 0 aliphatic rings. The molecule has 0 bridgehead atoms. The van der Waals surface area contributed by atoms with Crippen LogP contribution in [0.15, 0.2) is 63.9 Å². The number of nitrogens with zero attached hydrogens (tertiary/aromatic N) is 4. The number of para-hydroxylation sites is 1. The van der Waals surface area contributed by atoms with Gasteiger partial charge in [-0.15, -0.1) is 5.10 Å². The molecule has 0 unspecified atom stereocenters. The normalized spacial score (nSPS) is 11.8. The van der Waals surface area contributed by atoms with Gasteiger partial charge in [0.15, 0.2) is 5.58 Å². The van der Waals surface area contributed by atoms with Crippen LogP contribution in [0.2, 0.25) is 0 Å². The number of hydrogen-bond donors (Lipinski definition) is 2. The lowest BCUT2D eigenvalue weighted by Gasteiger charge is -2.20. The van der Waals surface area contributed by atoms with E-state index in [-0.39, 0.29) is 0 Å². The minimum atomic E-state index is -3.45. The number of aromatic amines is 1. The molecule has 5 rings (SSSR count). The van der Waals surface area contributed by atoms with Crippen LogP contribution in [0, 0.1) is 6.92 Å². The largest absolute Gasteiger partial charge is 0.417 e. The number of aryl methyl sites for hydroxylation is 1. The third kappa shape index (κ3) is 3.72. The maximum absolute atomic E-state index is 12.2. The molecule has 0 aliphatic heterocycles. The van der Waals surface area contributed by atoms with Crippen LogP contribution < -0.4 is 15.4 Å². The summed E-state index contributed by atoms with van der Waals surface area (Å²) in [6, 6.07) is 14.5. The molecule has 0 fully saturated rings.